The van der Waals surface area contributed by atoms with E-state index in [2.05, 4.69) is 15.7 Å². The van der Waals surface area contributed by atoms with Gasteiger partial charge in [-0.15, -0.1) is 23.1 Å². The van der Waals surface area contributed by atoms with Crippen LogP contribution < -0.4 is 10.1 Å². The summed E-state index contributed by atoms with van der Waals surface area (Å²) in [5.74, 6) is 1.34. The molecule has 0 bridgehead atoms. The van der Waals surface area contributed by atoms with Crippen LogP contribution in [0.2, 0.25) is 0 Å². The maximum absolute atomic E-state index is 12.8. The molecule has 2 heterocycles. The zero-order valence-electron chi connectivity index (χ0n) is 17.7. The Bertz CT molecular complexity index is 1030. The number of aromatic nitrogens is 1. The van der Waals surface area contributed by atoms with E-state index < -0.39 is 0 Å². The quantitative estimate of drug-likeness (QED) is 0.432. The zero-order chi connectivity index (χ0) is 21.6. The number of carbonyl (C=O) groups excluding carboxylic acids is 1. The monoisotopic (exact) mass is 454 g/mol. The number of aryl methyl sites for hydroxylation is 2. The van der Waals surface area contributed by atoms with Crippen LogP contribution >= 0.6 is 23.1 Å². The van der Waals surface area contributed by atoms with Crippen molar-refractivity contribution >= 4 is 34.7 Å². The predicted molar refractivity (Wildman–Crippen MR) is 126 cm³/mol. The Kier molecular flexibility index (Phi) is 7.27. The van der Waals surface area contributed by atoms with E-state index in [9.17, 15) is 4.79 Å². The zero-order valence-corrected chi connectivity index (χ0v) is 19.4. The number of ether oxygens (including phenoxy) is 2. The predicted octanol–water partition coefficient (Wildman–Crippen LogP) is 5.86. The Balaban J connectivity index is 1.37. The lowest BCUT2D eigenvalue weighted by molar-refractivity contribution is 0.0681. The molecule has 0 saturated carbocycles. The van der Waals surface area contributed by atoms with Crippen LogP contribution in [-0.2, 0) is 10.5 Å². The second-order valence-corrected chi connectivity index (χ2v) is 9.68. The highest BCUT2D eigenvalue weighted by molar-refractivity contribution is 7.98. The fraction of sp³-hybridized carbons (Fsp3) is 0.333. The van der Waals surface area contributed by atoms with Gasteiger partial charge in [0.05, 0.1) is 22.5 Å². The lowest BCUT2D eigenvalue weighted by Crippen LogP contribution is -2.18. The number of thiazole rings is 1. The van der Waals surface area contributed by atoms with Crippen molar-refractivity contribution in [2.75, 3.05) is 18.5 Å². The van der Waals surface area contributed by atoms with Crippen molar-refractivity contribution in [1.82, 2.24) is 4.98 Å². The molecule has 5 nitrogen and oxygen atoms in total. The van der Waals surface area contributed by atoms with Gasteiger partial charge in [-0.3, -0.25) is 4.79 Å². The number of carbonyl (C=O) groups is 1. The third kappa shape index (κ3) is 6.09. The van der Waals surface area contributed by atoms with Gasteiger partial charge >= 0.3 is 0 Å². The van der Waals surface area contributed by atoms with Crippen LogP contribution in [0.1, 0.15) is 39.5 Å². The summed E-state index contributed by atoms with van der Waals surface area (Å²) >= 11 is 3.38. The molecule has 1 aliphatic rings. The SMILES string of the molecule is Cc1ccc(NC(=O)c2ccc(SCc3csc(C)n3)cc2)c(OCC2CCCO2)c1. The molecule has 1 atom stereocenters. The minimum Gasteiger partial charge on any atom is -0.489 e. The molecule has 162 valence electrons. The Morgan fingerprint density at radius 2 is 2.10 bits per heavy atom. The Morgan fingerprint density at radius 1 is 1.26 bits per heavy atom. The highest BCUT2D eigenvalue weighted by Crippen LogP contribution is 2.28. The van der Waals surface area contributed by atoms with E-state index in [1.54, 1.807) is 23.1 Å². The molecule has 0 aliphatic carbocycles. The molecule has 2 aromatic carbocycles. The lowest BCUT2D eigenvalue weighted by Gasteiger charge is -2.16. The summed E-state index contributed by atoms with van der Waals surface area (Å²) in [5, 5.41) is 6.16. The van der Waals surface area contributed by atoms with E-state index in [1.807, 2.05) is 56.3 Å². The first-order valence-electron chi connectivity index (χ1n) is 10.4. The van der Waals surface area contributed by atoms with Crippen molar-refractivity contribution in [2.24, 2.45) is 0 Å². The van der Waals surface area contributed by atoms with E-state index in [1.165, 1.54) is 0 Å². The molecule has 1 aliphatic heterocycles. The smallest absolute Gasteiger partial charge is 0.255 e. The van der Waals surface area contributed by atoms with Crippen molar-refractivity contribution in [3.63, 3.8) is 0 Å². The van der Waals surface area contributed by atoms with Crippen molar-refractivity contribution < 1.29 is 14.3 Å². The molecule has 1 amide bonds. The second kappa shape index (κ2) is 10.3. The molecule has 1 unspecified atom stereocenters. The molecule has 0 radical (unpaired) electrons. The van der Waals surface area contributed by atoms with Gasteiger partial charge in [0.15, 0.2) is 0 Å². The fourth-order valence-corrected chi connectivity index (χ4v) is 4.85. The van der Waals surface area contributed by atoms with Crippen LogP contribution in [0.3, 0.4) is 0 Å². The van der Waals surface area contributed by atoms with Gasteiger partial charge in [0, 0.05) is 28.2 Å². The molecule has 7 heteroatoms. The molecule has 3 aromatic rings. The maximum atomic E-state index is 12.8. The van der Waals surface area contributed by atoms with Gasteiger partial charge in [-0.25, -0.2) is 4.98 Å². The van der Waals surface area contributed by atoms with Crippen molar-refractivity contribution in [1.29, 1.82) is 0 Å². The summed E-state index contributed by atoms with van der Waals surface area (Å²) < 4.78 is 11.6. The van der Waals surface area contributed by atoms with E-state index in [0.717, 1.165) is 46.4 Å². The number of hydrogen-bond acceptors (Lipinski definition) is 6. The summed E-state index contributed by atoms with van der Waals surface area (Å²) in [4.78, 5) is 18.4. The highest BCUT2D eigenvalue weighted by atomic mass is 32.2. The molecular weight excluding hydrogens is 428 g/mol. The molecule has 1 N–H and O–H groups in total. The standard InChI is InChI=1S/C24H26N2O3S2/c1-16-5-10-22(23(12-16)29-13-20-4-3-11-28-20)26-24(27)18-6-8-21(9-7-18)31-15-19-14-30-17(2)25-19/h5-10,12,14,20H,3-4,11,13,15H2,1-2H3,(H,26,27). The van der Waals surface area contributed by atoms with Gasteiger partial charge in [-0.1, -0.05) is 6.07 Å². The summed E-state index contributed by atoms with van der Waals surface area (Å²) in [7, 11) is 0. The molecule has 1 saturated heterocycles. The topological polar surface area (TPSA) is 60.5 Å². The largest absolute Gasteiger partial charge is 0.489 e. The van der Waals surface area contributed by atoms with Gasteiger partial charge in [0.25, 0.3) is 5.91 Å². The first-order chi connectivity index (χ1) is 15.1. The van der Waals surface area contributed by atoms with Crippen LogP contribution in [-0.4, -0.2) is 30.2 Å². The van der Waals surface area contributed by atoms with E-state index in [4.69, 9.17) is 9.47 Å². The van der Waals surface area contributed by atoms with E-state index >= 15 is 0 Å². The van der Waals surface area contributed by atoms with E-state index in [-0.39, 0.29) is 12.0 Å². The highest BCUT2D eigenvalue weighted by Gasteiger charge is 2.17. The summed E-state index contributed by atoms with van der Waals surface area (Å²) in [6.07, 6.45) is 2.21. The van der Waals surface area contributed by atoms with Crippen LogP contribution in [0.25, 0.3) is 0 Å². The minimum absolute atomic E-state index is 0.127. The van der Waals surface area contributed by atoms with Crippen LogP contribution in [0, 0.1) is 13.8 Å². The third-order valence-electron chi connectivity index (χ3n) is 5.00. The van der Waals surface area contributed by atoms with Gasteiger partial charge in [0.1, 0.15) is 12.4 Å². The number of hydrogen-bond donors (Lipinski definition) is 1. The van der Waals surface area contributed by atoms with Gasteiger partial charge in [0.2, 0.25) is 0 Å². The first kappa shape index (κ1) is 21.9. The van der Waals surface area contributed by atoms with Gasteiger partial charge in [-0.2, -0.15) is 0 Å². The minimum atomic E-state index is -0.155. The average molecular weight is 455 g/mol. The number of nitrogens with zero attached hydrogens (tertiary/aromatic N) is 1. The van der Waals surface area contributed by atoms with Crippen molar-refractivity contribution in [3.05, 3.63) is 69.7 Å². The first-order valence-corrected chi connectivity index (χ1v) is 12.2. The number of amides is 1. The molecule has 31 heavy (non-hydrogen) atoms. The summed E-state index contributed by atoms with van der Waals surface area (Å²) in [6, 6.07) is 13.5. The molecule has 0 spiro atoms. The Morgan fingerprint density at radius 3 is 2.81 bits per heavy atom. The van der Waals surface area contributed by atoms with Crippen LogP contribution in [0.5, 0.6) is 5.75 Å². The van der Waals surface area contributed by atoms with Gasteiger partial charge in [-0.05, 0) is 68.7 Å². The number of rotatable bonds is 8. The molecule has 1 fully saturated rings. The number of nitrogens with one attached hydrogen (secondary N) is 1. The average Bonchev–Trinajstić information content (AvgIpc) is 3.44. The normalized spacial score (nSPS) is 15.7. The molecule has 4 rings (SSSR count). The maximum Gasteiger partial charge on any atom is 0.255 e. The van der Waals surface area contributed by atoms with E-state index in [0.29, 0.717) is 23.6 Å². The lowest BCUT2D eigenvalue weighted by atomic mass is 10.1. The summed E-state index contributed by atoms with van der Waals surface area (Å²) in [5.41, 5.74) is 3.45. The number of anilines is 1. The van der Waals surface area contributed by atoms with Gasteiger partial charge < -0.3 is 14.8 Å². The summed E-state index contributed by atoms with van der Waals surface area (Å²) in [6.45, 7) is 5.31. The van der Waals surface area contributed by atoms with Crippen molar-refractivity contribution in [2.45, 2.75) is 43.4 Å². The Hall–Kier alpha value is -2.35. The molecule has 1 aromatic heterocycles. The second-order valence-electron chi connectivity index (χ2n) is 7.57. The number of benzene rings is 2. The van der Waals surface area contributed by atoms with Crippen molar-refractivity contribution in [3.8, 4) is 5.75 Å². The molecular formula is C24H26N2O3S2. The fourth-order valence-electron chi connectivity index (χ4n) is 3.34. The van der Waals surface area contributed by atoms with Crippen LogP contribution in [0.4, 0.5) is 5.69 Å². The Labute approximate surface area is 191 Å². The third-order valence-corrected chi connectivity index (χ3v) is 6.87. The van der Waals surface area contributed by atoms with Crippen LogP contribution in [0.15, 0.2) is 52.7 Å². The number of thioether (sulfide) groups is 1.